The molecule has 15 heavy (non-hydrogen) atoms. The van der Waals surface area contributed by atoms with Gasteiger partial charge in [0.1, 0.15) is 0 Å². The molecule has 7 heteroatoms. The van der Waals surface area contributed by atoms with E-state index in [1.54, 1.807) is 13.8 Å². The van der Waals surface area contributed by atoms with Crippen LogP contribution in [0.1, 0.15) is 13.8 Å². The summed E-state index contributed by atoms with van der Waals surface area (Å²) in [7, 11) is -3.53. The first-order valence-corrected chi connectivity index (χ1v) is 6.28. The fourth-order valence-corrected chi connectivity index (χ4v) is 2.43. The van der Waals surface area contributed by atoms with Gasteiger partial charge in [0.25, 0.3) is 0 Å². The Bertz CT molecular complexity index is 256. The van der Waals surface area contributed by atoms with Gasteiger partial charge in [0, 0.05) is 0 Å². The second-order valence-corrected chi connectivity index (χ2v) is 4.74. The molecule has 0 aromatic carbocycles. The number of hydrogen-bond acceptors (Lipinski definition) is 6. The zero-order valence-corrected chi connectivity index (χ0v) is 9.63. The number of carbonyl (C=O) groups is 1. The number of hydrogen-bond donors (Lipinski definition) is 1. The predicted molar refractivity (Wildman–Crippen MR) is 53.9 cm³/mol. The van der Waals surface area contributed by atoms with E-state index < -0.39 is 14.1 Å². The van der Waals surface area contributed by atoms with Crippen LogP contribution in [-0.2, 0) is 23.1 Å². The zero-order valence-electron chi connectivity index (χ0n) is 8.63. The summed E-state index contributed by atoms with van der Waals surface area (Å²) in [5.74, 6) is -0.541. The van der Waals surface area contributed by atoms with Crippen molar-refractivity contribution in [1.82, 2.24) is 0 Å². The average Bonchev–Trinajstić information content (AvgIpc) is 2.47. The molecule has 0 spiro atoms. The first kappa shape index (κ1) is 12.4. The van der Waals surface area contributed by atoms with Crippen molar-refractivity contribution < 1.29 is 28.0 Å². The van der Waals surface area contributed by atoms with Crippen LogP contribution in [0.25, 0.3) is 0 Å². The predicted octanol–water partition coefficient (Wildman–Crippen LogP) is 0.917. The second-order valence-electron chi connectivity index (χ2n) is 2.94. The van der Waals surface area contributed by atoms with Crippen LogP contribution in [0.5, 0.6) is 0 Å². The summed E-state index contributed by atoms with van der Waals surface area (Å²) in [5.41, 5.74) is 0. The maximum absolute atomic E-state index is 10.8. The van der Waals surface area contributed by atoms with Crippen molar-refractivity contribution >= 4 is 14.1 Å². The van der Waals surface area contributed by atoms with Gasteiger partial charge in [-0.1, -0.05) is 0 Å². The van der Waals surface area contributed by atoms with Gasteiger partial charge in [-0.05, 0) is 0 Å². The van der Waals surface area contributed by atoms with Crippen LogP contribution in [0, 0.1) is 0 Å². The topological polar surface area (TPSA) is 74.2 Å². The van der Waals surface area contributed by atoms with Crippen LogP contribution in [0.3, 0.4) is 0 Å². The molecule has 0 amide bonds. The molecule has 0 radical (unpaired) electrons. The molecule has 1 atom stereocenters. The van der Waals surface area contributed by atoms with E-state index in [2.05, 4.69) is 4.74 Å². The summed E-state index contributed by atoms with van der Waals surface area (Å²) < 4.78 is 19.4. The zero-order chi connectivity index (χ0) is 11.3. The second kappa shape index (κ2) is 5.42. The number of esters is 1. The van der Waals surface area contributed by atoms with E-state index in [-0.39, 0.29) is 19.3 Å². The monoisotopic (exact) mass is 238 g/mol. The van der Waals surface area contributed by atoms with Crippen molar-refractivity contribution in [1.29, 1.82) is 0 Å². The van der Waals surface area contributed by atoms with Gasteiger partial charge in [0.05, 0.1) is 0 Å². The average molecular weight is 238 g/mol. The third kappa shape index (κ3) is 4.13. The van der Waals surface area contributed by atoms with E-state index in [0.29, 0.717) is 0 Å². The van der Waals surface area contributed by atoms with Gasteiger partial charge >= 0.3 is 87.6 Å². The molecule has 0 saturated carbocycles. The van der Waals surface area contributed by atoms with Crippen LogP contribution in [0.15, 0.2) is 12.3 Å². The molecule has 1 rings (SSSR count). The third-order valence-corrected chi connectivity index (χ3v) is 3.22. The van der Waals surface area contributed by atoms with Crippen molar-refractivity contribution in [3.8, 4) is 0 Å². The first-order chi connectivity index (χ1) is 7.06. The summed E-state index contributed by atoms with van der Waals surface area (Å²) in [6.45, 7) is 4.02. The van der Waals surface area contributed by atoms with Crippen LogP contribution in [-0.4, -0.2) is 30.2 Å². The van der Waals surface area contributed by atoms with E-state index in [4.69, 9.17) is 13.6 Å². The van der Waals surface area contributed by atoms with Gasteiger partial charge in [-0.15, -0.1) is 0 Å². The van der Waals surface area contributed by atoms with Gasteiger partial charge in [-0.25, -0.2) is 0 Å². The van der Waals surface area contributed by atoms with Crippen molar-refractivity contribution in [2.75, 3.05) is 13.2 Å². The molecule has 6 nitrogen and oxygen atoms in total. The van der Waals surface area contributed by atoms with E-state index >= 15 is 0 Å². The number of rotatable bonds is 4. The van der Waals surface area contributed by atoms with Crippen LogP contribution >= 0.6 is 8.17 Å². The van der Waals surface area contributed by atoms with E-state index in [1.165, 1.54) is 0 Å². The van der Waals surface area contributed by atoms with Crippen LogP contribution in [0.2, 0.25) is 0 Å². The Morgan fingerprint density at radius 2 is 2.47 bits per heavy atom. The molecule has 0 aliphatic carbocycles. The van der Waals surface area contributed by atoms with Gasteiger partial charge < -0.3 is 0 Å². The minimum absolute atomic E-state index is 0.197. The molecule has 1 aliphatic rings. The standard InChI is InChI=1S/C8H15O6P/c1-3-11-8(9)4-5-12-15(10)13-6-7(2)14-15/h4-5,7,10,15H,3,6H2,1-2H3. The fourth-order valence-electron chi connectivity index (χ4n) is 0.973. The molecule has 0 aromatic rings. The van der Waals surface area contributed by atoms with E-state index in [9.17, 15) is 9.69 Å². The van der Waals surface area contributed by atoms with Crippen LogP contribution < -0.4 is 0 Å². The summed E-state index contributed by atoms with van der Waals surface area (Å²) in [4.78, 5) is 20.4. The molecule has 1 unspecified atom stereocenters. The SMILES string of the molecule is CCOC(=O)C=CO[PH]1(O)OCC(C)O1. The molecule has 0 bridgehead atoms. The molecule has 1 saturated heterocycles. The maximum atomic E-state index is 10.8. The normalized spacial score (nSPS) is 26.5. The Balaban J connectivity index is 2.33. The Hall–Kier alpha value is -0.680. The van der Waals surface area contributed by atoms with Gasteiger partial charge in [-0.2, -0.15) is 0 Å². The summed E-state index contributed by atoms with van der Waals surface area (Å²) in [5, 5.41) is 0. The third-order valence-electron chi connectivity index (χ3n) is 1.56. The van der Waals surface area contributed by atoms with Gasteiger partial charge in [0.15, 0.2) is 0 Å². The first-order valence-electron chi connectivity index (χ1n) is 4.61. The van der Waals surface area contributed by atoms with Crippen molar-refractivity contribution in [2.24, 2.45) is 0 Å². The van der Waals surface area contributed by atoms with E-state index in [1.807, 2.05) is 0 Å². The molecule has 88 valence electrons. The fraction of sp³-hybridized carbons (Fsp3) is 0.625. The number of ether oxygens (including phenoxy) is 1. The minimum atomic E-state index is -3.53. The molecule has 1 fully saturated rings. The Morgan fingerprint density at radius 1 is 1.73 bits per heavy atom. The summed E-state index contributed by atoms with van der Waals surface area (Å²) in [6, 6.07) is 0. The van der Waals surface area contributed by atoms with Gasteiger partial charge in [0.2, 0.25) is 0 Å². The molecule has 0 aromatic heterocycles. The molecule has 1 N–H and O–H groups in total. The quantitative estimate of drug-likeness (QED) is 0.340. The van der Waals surface area contributed by atoms with Crippen molar-refractivity contribution in [3.63, 3.8) is 0 Å². The Kier molecular flexibility index (Phi) is 4.47. The molecule has 1 aliphatic heterocycles. The Labute approximate surface area is 88.4 Å². The van der Waals surface area contributed by atoms with Crippen molar-refractivity contribution in [2.45, 2.75) is 20.0 Å². The van der Waals surface area contributed by atoms with Gasteiger partial charge in [-0.3, -0.25) is 0 Å². The van der Waals surface area contributed by atoms with Crippen molar-refractivity contribution in [3.05, 3.63) is 12.3 Å². The summed E-state index contributed by atoms with van der Waals surface area (Å²) in [6.07, 6.45) is 1.89. The van der Waals surface area contributed by atoms with E-state index in [0.717, 1.165) is 12.3 Å². The molecular formula is C8H15O6P. The molecule has 1 heterocycles. The number of carbonyl (C=O) groups excluding carboxylic acids is 1. The summed E-state index contributed by atoms with van der Waals surface area (Å²) >= 11 is 0. The van der Waals surface area contributed by atoms with Crippen LogP contribution in [0.4, 0.5) is 0 Å². The Morgan fingerprint density at radius 3 is 3.00 bits per heavy atom. The molecular weight excluding hydrogens is 223 g/mol.